The van der Waals surface area contributed by atoms with Crippen molar-refractivity contribution in [2.45, 2.75) is 58.5 Å². The Morgan fingerprint density at radius 1 is 0.972 bits per heavy atom. The van der Waals surface area contributed by atoms with Crippen LogP contribution in [0.15, 0.2) is 65.3 Å². The van der Waals surface area contributed by atoms with Gasteiger partial charge in [-0.3, -0.25) is 19.3 Å². The monoisotopic (exact) mass is 487 g/mol. The summed E-state index contributed by atoms with van der Waals surface area (Å²) in [7, 11) is 0. The predicted molar refractivity (Wildman–Crippen MR) is 139 cm³/mol. The van der Waals surface area contributed by atoms with E-state index < -0.39 is 17.9 Å². The first-order chi connectivity index (χ1) is 17.3. The Morgan fingerprint density at radius 2 is 1.72 bits per heavy atom. The molecule has 0 aliphatic heterocycles. The lowest BCUT2D eigenvalue weighted by atomic mass is 9.96. The third kappa shape index (κ3) is 5.67. The SMILES string of the molecule is Cc1ccc(N(C(=O)CNC(=O)c2ccco2)C(C(=O)NC2CCCC2)c2ccccc2C)c(C)c1. The second-order valence-corrected chi connectivity index (χ2v) is 9.46. The molecule has 2 aromatic carbocycles. The number of nitrogens with one attached hydrogen (secondary N) is 2. The number of furan rings is 1. The summed E-state index contributed by atoms with van der Waals surface area (Å²) >= 11 is 0. The Labute approximate surface area is 211 Å². The van der Waals surface area contributed by atoms with Crippen molar-refractivity contribution in [3.05, 3.63) is 88.9 Å². The molecule has 1 saturated carbocycles. The fourth-order valence-corrected chi connectivity index (χ4v) is 4.87. The largest absolute Gasteiger partial charge is 0.459 e. The molecule has 0 radical (unpaired) electrons. The Morgan fingerprint density at radius 3 is 2.39 bits per heavy atom. The summed E-state index contributed by atoms with van der Waals surface area (Å²) in [5, 5.41) is 5.84. The normalized spacial score (nSPS) is 14.3. The molecule has 0 saturated heterocycles. The predicted octanol–water partition coefficient (Wildman–Crippen LogP) is 4.77. The van der Waals surface area contributed by atoms with Crippen LogP contribution in [-0.4, -0.2) is 30.3 Å². The minimum absolute atomic E-state index is 0.0961. The Kier molecular flexibility index (Phi) is 7.88. The molecule has 1 aliphatic rings. The van der Waals surface area contributed by atoms with Gasteiger partial charge in [-0.25, -0.2) is 0 Å². The quantitative estimate of drug-likeness (QED) is 0.479. The average molecular weight is 488 g/mol. The average Bonchev–Trinajstić information content (AvgIpc) is 3.57. The highest BCUT2D eigenvalue weighted by Crippen LogP contribution is 2.33. The lowest BCUT2D eigenvalue weighted by Gasteiger charge is -2.34. The van der Waals surface area contributed by atoms with Gasteiger partial charge in [0.1, 0.15) is 6.04 Å². The van der Waals surface area contributed by atoms with Gasteiger partial charge in [0.05, 0.1) is 12.8 Å². The van der Waals surface area contributed by atoms with Crippen molar-refractivity contribution in [1.29, 1.82) is 0 Å². The van der Waals surface area contributed by atoms with Crippen molar-refractivity contribution in [3.8, 4) is 0 Å². The second kappa shape index (κ2) is 11.2. The first kappa shape index (κ1) is 25.2. The van der Waals surface area contributed by atoms with E-state index in [0.29, 0.717) is 5.69 Å². The zero-order chi connectivity index (χ0) is 25.7. The molecule has 1 heterocycles. The molecule has 4 rings (SSSR count). The Hall–Kier alpha value is -3.87. The first-order valence-electron chi connectivity index (χ1n) is 12.4. The third-order valence-electron chi connectivity index (χ3n) is 6.72. The highest BCUT2D eigenvalue weighted by molar-refractivity contribution is 6.04. The molecule has 1 unspecified atom stereocenters. The number of hydrogen-bond donors (Lipinski definition) is 2. The van der Waals surface area contributed by atoms with E-state index >= 15 is 0 Å². The molecule has 3 aromatic rings. The standard InChI is InChI=1S/C29H33N3O4/c1-19-14-15-24(21(3)17-19)32(26(33)18-30-28(34)25-13-8-16-36-25)27(23-12-7-4-9-20(23)2)29(35)31-22-10-5-6-11-22/h4,7-9,12-17,22,27H,5-6,10-11,18H2,1-3H3,(H,30,34)(H,31,35). The summed E-state index contributed by atoms with van der Waals surface area (Å²) < 4.78 is 5.15. The molecular formula is C29H33N3O4. The molecule has 0 spiro atoms. The van der Waals surface area contributed by atoms with Gasteiger partial charge in [-0.1, -0.05) is 54.8 Å². The maximum absolute atomic E-state index is 13.9. The second-order valence-electron chi connectivity index (χ2n) is 9.46. The Bertz CT molecular complexity index is 1230. The number of hydrogen-bond acceptors (Lipinski definition) is 4. The van der Waals surface area contributed by atoms with Gasteiger partial charge >= 0.3 is 0 Å². The van der Waals surface area contributed by atoms with E-state index in [2.05, 4.69) is 10.6 Å². The van der Waals surface area contributed by atoms with Crippen molar-refractivity contribution in [3.63, 3.8) is 0 Å². The van der Waals surface area contributed by atoms with Crippen LogP contribution in [0, 0.1) is 20.8 Å². The number of nitrogens with zero attached hydrogens (tertiary/aromatic N) is 1. The summed E-state index contributed by atoms with van der Waals surface area (Å²) in [5.74, 6) is -0.981. The van der Waals surface area contributed by atoms with Gasteiger partial charge < -0.3 is 15.1 Å². The molecule has 0 bridgehead atoms. The van der Waals surface area contributed by atoms with Crippen molar-refractivity contribution < 1.29 is 18.8 Å². The van der Waals surface area contributed by atoms with E-state index in [9.17, 15) is 14.4 Å². The molecule has 1 aliphatic carbocycles. The van der Waals surface area contributed by atoms with Gasteiger partial charge in [0, 0.05) is 11.7 Å². The molecule has 188 valence electrons. The molecule has 7 heteroatoms. The topological polar surface area (TPSA) is 91.7 Å². The van der Waals surface area contributed by atoms with Crippen molar-refractivity contribution >= 4 is 23.4 Å². The van der Waals surface area contributed by atoms with Crippen molar-refractivity contribution in [2.24, 2.45) is 0 Å². The molecule has 7 nitrogen and oxygen atoms in total. The highest BCUT2D eigenvalue weighted by Gasteiger charge is 2.35. The van der Waals surface area contributed by atoms with Gasteiger partial charge in [-0.05, 0) is 68.5 Å². The van der Waals surface area contributed by atoms with E-state index in [1.54, 1.807) is 6.07 Å². The van der Waals surface area contributed by atoms with Gasteiger partial charge in [-0.2, -0.15) is 0 Å². The number of anilines is 1. The van der Waals surface area contributed by atoms with E-state index in [0.717, 1.165) is 47.9 Å². The van der Waals surface area contributed by atoms with E-state index in [-0.39, 0.29) is 24.3 Å². The van der Waals surface area contributed by atoms with Crippen LogP contribution in [0.25, 0.3) is 0 Å². The van der Waals surface area contributed by atoms with Crippen LogP contribution in [0.2, 0.25) is 0 Å². The minimum atomic E-state index is -0.888. The van der Waals surface area contributed by atoms with E-state index in [1.807, 2.05) is 63.2 Å². The number of benzene rings is 2. The van der Waals surface area contributed by atoms with Crippen molar-refractivity contribution in [2.75, 3.05) is 11.4 Å². The number of aryl methyl sites for hydroxylation is 3. The lowest BCUT2D eigenvalue weighted by molar-refractivity contribution is -0.126. The fraction of sp³-hybridized carbons (Fsp3) is 0.345. The maximum atomic E-state index is 13.9. The smallest absolute Gasteiger partial charge is 0.287 e. The van der Waals surface area contributed by atoms with E-state index in [4.69, 9.17) is 4.42 Å². The van der Waals surface area contributed by atoms with Crippen LogP contribution in [-0.2, 0) is 9.59 Å². The summed E-state index contributed by atoms with van der Waals surface area (Å²) in [4.78, 5) is 41.7. The van der Waals surface area contributed by atoms with Crippen LogP contribution in [0.3, 0.4) is 0 Å². The summed E-state index contributed by atoms with van der Waals surface area (Å²) in [6.45, 7) is 5.56. The summed E-state index contributed by atoms with van der Waals surface area (Å²) in [6.07, 6.45) is 5.43. The number of rotatable bonds is 8. The Balaban J connectivity index is 1.73. The molecule has 1 fully saturated rings. The van der Waals surface area contributed by atoms with Gasteiger partial charge in [-0.15, -0.1) is 0 Å². The molecule has 36 heavy (non-hydrogen) atoms. The van der Waals surface area contributed by atoms with E-state index in [1.165, 1.54) is 17.2 Å². The van der Waals surface area contributed by atoms with Crippen LogP contribution in [0.5, 0.6) is 0 Å². The van der Waals surface area contributed by atoms with Crippen LogP contribution in [0.4, 0.5) is 5.69 Å². The number of carbonyl (C=O) groups is 3. The highest BCUT2D eigenvalue weighted by atomic mass is 16.3. The number of carbonyl (C=O) groups excluding carboxylic acids is 3. The van der Waals surface area contributed by atoms with Gasteiger partial charge in [0.15, 0.2) is 5.76 Å². The molecule has 3 amide bonds. The van der Waals surface area contributed by atoms with Crippen LogP contribution < -0.4 is 15.5 Å². The van der Waals surface area contributed by atoms with Crippen LogP contribution in [0.1, 0.15) is 64.5 Å². The first-order valence-corrected chi connectivity index (χ1v) is 12.4. The summed E-state index contributed by atoms with van der Waals surface area (Å²) in [6, 6.07) is 15.7. The molecule has 1 aromatic heterocycles. The molecular weight excluding hydrogens is 454 g/mol. The minimum Gasteiger partial charge on any atom is -0.459 e. The summed E-state index contributed by atoms with van der Waals surface area (Å²) in [5.41, 5.74) is 4.21. The molecule has 2 N–H and O–H groups in total. The third-order valence-corrected chi connectivity index (χ3v) is 6.72. The van der Waals surface area contributed by atoms with Gasteiger partial charge in [0.25, 0.3) is 5.91 Å². The maximum Gasteiger partial charge on any atom is 0.287 e. The molecule has 1 atom stereocenters. The van der Waals surface area contributed by atoms with Crippen LogP contribution >= 0.6 is 0 Å². The van der Waals surface area contributed by atoms with Crippen molar-refractivity contribution in [1.82, 2.24) is 10.6 Å². The lowest BCUT2D eigenvalue weighted by Crippen LogP contribution is -2.49. The van der Waals surface area contributed by atoms with Gasteiger partial charge in [0.2, 0.25) is 11.8 Å². The fourth-order valence-electron chi connectivity index (χ4n) is 4.87. The zero-order valence-corrected chi connectivity index (χ0v) is 21.0. The zero-order valence-electron chi connectivity index (χ0n) is 21.0. The number of amides is 3.